The number of aromatic carboxylic acids is 2. The smallest absolute Gasteiger partial charge is 0.356 e. The molecule has 0 saturated carbocycles. The fraction of sp³-hybridized carbons (Fsp3) is 0.110. The van der Waals surface area contributed by atoms with Gasteiger partial charge in [-0.15, -0.1) is 34.0 Å². The first-order valence-electron chi connectivity index (χ1n) is 30.5. The number of nitrogen functional groups attached to an aromatic ring is 1. The Morgan fingerprint density at radius 1 is 0.422 bits per heavy atom. The number of hydrogen-bond acceptors (Lipinski definition) is 17. The summed E-state index contributed by atoms with van der Waals surface area (Å²) in [5, 5.41) is 47.8. The van der Waals surface area contributed by atoms with Gasteiger partial charge in [0, 0.05) is 72.7 Å². The van der Waals surface area contributed by atoms with Crippen LogP contribution >= 0.6 is 80.4 Å². The van der Waals surface area contributed by atoms with Crippen molar-refractivity contribution in [3.05, 3.63) is 265 Å². The molecule has 14 rings (SSSR count). The SMILES string of the molecule is CC(C)(C)OC(=O)c1c(-c2ccc(Cl)cc2)csc1N.CC(C)(C)OC(=O)c1c(-c2ccc(Cl)cc2)csc1NC(=O)c1cc2ccccn2n1.O=C(Cl)c1cc2ccccn2n1.O=C(Nc1scc(-c2ccc(Cl)cc2)c1C(=O)O)c1cc2ccccn2n1.O=C(O)c1cc2ccccn2n1. The van der Waals surface area contributed by atoms with E-state index >= 15 is 0 Å². The van der Waals surface area contributed by atoms with E-state index in [1.165, 1.54) is 33.3 Å². The number of carboxylic acids is 2. The van der Waals surface area contributed by atoms with Crippen LogP contribution in [0.1, 0.15) is 115 Å². The predicted octanol–water partition coefficient (Wildman–Crippen LogP) is 17.9. The van der Waals surface area contributed by atoms with E-state index in [2.05, 4.69) is 31.0 Å². The summed E-state index contributed by atoms with van der Waals surface area (Å²) in [4.78, 5) is 83.8. The second-order valence-electron chi connectivity index (χ2n) is 23.8. The second-order valence-corrected chi connectivity index (χ2v) is 28.1. The third kappa shape index (κ3) is 18.7. The van der Waals surface area contributed by atoms with Crippen molar-refractivity contribution in [2.24, 2.45) is 0 Å². The van der Waals surface area contributed by atoms with E-state index in [0.29, 0.717) is 52.9 Å². The molecule has 518 valence electrons. The molecule has 0 aliphatic carbocycles. The zero-order chi connectivity index (χ0) is 73.2. The summed E-state index contributed by atoms with van der Waals surface area (Å²) in [6.07, 6.45) is 6.97. The summed E-state index contributed by atoms with van der Waals surface area (Å²) >= 11 is 26.8. The molecule has 0 aliphatic rings. The Morgan fingerprint density at radius 2 is 0.735 bits per heavy atom. The number of thiophene rings is 3. The number of halogens is 4. The van der Waals surface area contributed by atoms with Crippen molar-refractivity contribution < 1.29 is 53.2 Å². The molecule has 0 fully saturated rings. The van der Waals surface area contributed by atoms with Gasteiger partial charge in [0.15, 0.2) is 17.1 Å². The second kappa shape index (κ2) is 32.1. The number of pyridine rings is 4. The first-order chi connectivity index (χ1) is 48.6. The van der Waals surface area contributed by atoms with Crippen molar-refractivity contribution in [1.82, 2.24) is 38.5 Å². The Balaban J connectivity index is 0.000000144. The van der Waals surface area contributed by atoms with Gasteiger partial charge in [-0.1, -0.05) is 95.5 Å². The minimum absolute atomic E-state index is 0.0411. The number of fused-ring (bicyclic) bond motifs is 4. The Morgan fingerprint density at radius 3 is 1.09 bits per heavy atom. The molecule has 11 heterocycles. The van der Waals surface area contributed by atoms with Gasteiger partial charge in [-0.2, -0.15) is 20.4 Å². The van der Waals surface area contributed by atoms with Crippen molar-refractivity contribution in [3.63, 3.8) is 0 Å². The fourth-order valence-corrected chi connectivity index (χ4v) is 12.8. The molecular weight excluding hydrogens is 1440 g/mol. The molecule has 3 aromatic carbocycles. The minimum atomic E-state index is -1.12. The van der Waals surface area contributed by atoms with E-state index in [1.807, 2.05) is 116 Å². The molecule has 0 spiro atoms. The number of esters is 2. The number of nitrogens with one attached hydrogen (secondary N) is 2. The zero-order valence-electron chi connectivity index (χ0n) is 54.7. The number of anilines is 3. The highest BCUT2D eigenvalue weighted by molar-refractivity contribution is 7.16. The van der Waals surface area contributed by atoms with Crippen LogP contribution in [-0.4, -0.2) is 101 Å². The van der Waals surface area contributed by atoms with Gasteiger partial charge in [-0.25, -0.2) is 37.2 Å². The Bertz CT molecular complexity index is 5200. The van der Waals surface area contributed by atoms with E-state index in [4.69, 9.17) is 66.7 Å². The predicted molar refractivity (Wildman–Crippen MR) is 400 cm³/mol. The van der Waals surface area contributed by atoms with Gasteiger partial charge in [0.1, 0.15) is 48.6 Å². The molecule has 0 saturated heterocycles. The number of carbonyl (C=O) groups excluding carboxylic acids is 5. The van der Waals surface area contributed by atoms with E-state index in [1.54, 1.807) is 143 Å². The number of rotatable bonds is 12. The van der Waals surface area contributed by atoms with Crippen LogP contribution in [0.4, 0.5) is 15.0 Å². The Kier molecular flexibility index (Phi) is 23.2. The van der Waals surface area contributed by atoms with Gasteiger partial charge in [0.05, 0.1) is 22.1 Å². The Labute approximate surface area is 613 Å². The third-order valence-electron chi connectivity index (χ3n) is 14.1. The Hall–Kier alpha value is -11.0. The molecule has 102 heavy (non-hydrogen) atoms. The number of hydrogen-bond donors (Lipinski definition) is 5. The standard InChI is InChI=1S/C23H20ClN3O3S.C19H12ClN3O3S.C15H16ClNO2S.C8H5ClN2O.C8H6N2O2/c1-23(2,3)30-22(29)19-17(14-7-9-15(24)10-8-14)13-31-21(19)25-20(28)18-12-16-6-4-5-11-27(16)26-18;20-12-6-4-11(5-7-12)14-10-27-18(16(14)19(25)26)21-17(24)15-9-13-3-1-2-8-23(13)22-15;1-15(2,3)19-14(18)12-11(8-20-13(12)17)9-4-6-10(16)7-5-9;9-8(12)7-5-6-3-1-2-4-11(6)10-7;11-8(12)7-5-6-3-1-2-4-10(6)9-7/h4-13H,1-3H3,(H,25,28);1-10H,(H,21,24)(H,25,26);4-8H,17H2,1-3H3;1-5H;1-5H,(H,11,12). The van der Waals surface area contributed by atoms with Crippen LogP contribution in [0.5, 0.6) is 0 Å². The quantitative estimate of drug-likeness (QED) is 0.0561. The lowest BCUT2D eigenvalue weighted by molar-refractivity contribution is 0.00594. The van der Waals surface area contributed by atoms with E-state index < -0.39 is 52.1 Å². The van der Waals surface area contributed by atoms with Crippen molar-refractivity contribution in [2.75, 3.05) is 16.4 Å². The van der Waals surface area contributed by atoms with Gasteiger partial charge < -0.3 is 36.1 Å². The lowest BCUT2D eigenvalue weighted by Gasteiger charge is -2.20. The molecule has 0 bridgehead atoms. The monoisotopic (exact) mass is 1500 g/mol. The van der Waals surface area contributed by atoms with Crippen LogP contribution in [-0.2, 0) is 9.47 Å². The maximum absolute atomic E-state index is 13.0. The summed E-state index contributed by atoms with van der Waals surface area (Å²) in [7, 11) is 0. The lowest BCUT2D eigenvalue weighted by atomic mass is 10.0. The molecule has 11 aromatic heterocycles. The zero-order valence-corrected chi connectivity index (χ0v) is 60.1. The molecule has 14 aromatic rings. The van der Waals surface area contributed by atoms with Crippen molar-refractivity contribution in [2.45, 2.75) is 52.7 Å². The fourth-order valence-electron chi connectivity index (χ4n) is 9.59. The highest BCUT2D eigenvalue weighted by Crippen LogP contribution is 2.40. The number of benzene rings is 3. The number of amides is 2. The largest absolute Gasteiger partial charge is 0.478 e. The summed E-state index contributed by atoms with van der Waals surface area (Å²) in [5.41, 5.74) is 13.9. The first kappa shape index (κ1) is 73.7. The molecule has 22 nitrogen and oxygen atoms in total. The van der Waals surface area contributed by atoms with E-state index in [-0.39, 0.29) is 33.3 Å². The minimum Gasteiger partial charge on any atom is -0.478 e. The van der Waals surface area contributed by atoms with Gasteiger partial charge in [0.2, 0.25) is 0 Å². The van der Waals surface area contributed by atoms with Crippen molar-refractivity contribution in [3.8, 4) is 33.4 Å². The van der Waals surface area contributed by atoms with E-state index in [0.717, 1.165) is 50.1 Å². The highest BCUT2D eigenvalue weighted by Gasteiger charge is 2.29. The summed E-state index contributed by atoms with van der Waals surface area (Å²) < 4.78 is 17.4. The van der Waals surface area contributed by atoms with Gasteiger partial charge in [-0.05, 0) is 179 Å². The molecular formula is C73H59Cl4N11O11S3. The number of ether oxygens (including phenoxy) is 2. The summed E-state index contributed by atoms with van der Waals surface area (Å²) in [6, 6.07) is 49.9. The van der Waals surface area contributed by atoms with Crippen LogP contribution in [0.25, 0.3) is 55.4 Å². The molecule has 29 heteroatoms. The summed E-state index contributed by atoms with van der Waals surface area (Å²) in [6.45, 7) is 10.9. The summed E-state index contributed by atoms with van der Waals surface area (Å²) in [5.74, 6) is -3.90. The molecule has 2 amide bonds. The molecule has 0 unspecified atom stereocenters. The maximum Gasteiger partial charge on any atom is 0.356 e. The number of nitrogens with two attached hydrogens (primary N) is 1. The topological polar surface area (TPSA) is 298 Å². The highest BCUT2D eigenvalue weighted by atomic mass is 35.5. The average Bonchev–Trinajstić information content (AvgIpc) is 1.64. The maximum atomic E-state index is 13.0. The van der Waals surface area contributed by atoms with Crippen LogP contribution in [0, 0.1) is 0 Å². The van der Waals surface area contributed by atoms with Gasteiger partial charge in [-0.3, -0.25) is 14.4 Å². The van der Waals surface area contributed by atoms with Crippen molar-refractivity contribution >= 4 is 158 Å². The number of carboxylic acid groups (broad SMARTS) is 2. The van der Waals surface area contributed by atoms with Crippen LogP contribution in [0.2, 0.25) is 15.1 Å². The number of nitrogens with zero attached hydrogens (tertiary/aromatic N) is 8. The average molecular weight is 1500 g/mol. The third-order valence-corrected chi connectivity index (χ3v) is 17.7. The number of aromatic nitrogens is 8. The van der Waals surface area contributed by atoms with Gasteiger partial charge >= 0.3 is 23.9 Å². The molecule has 0 atom stereocenters. The first-order valence-corrected chi connectivity index (χ1v) is 34.6. The van der Waals surface area contributed by atoms with Crippen molar-refractivity contribution in [1.29, 1.82) is 0 Å². The molecule has 6 N–H and O–H groups in total. The molecule has 0 aliphatic heterocycles. The van der Waals surface area contributed by atoms with E-state index in [9.17, 15) is 38.7 Å². The number of carbonyl (C=O) groups is 7. The van der Waals surface area contributed by atoms with Crippen LogP contribution in [0.15, 0.2) is 211 Å². The van der Waals surface area contributed by atoms with Crippen LogP contribution < -0.4 is 16.4 Å². The lowest BCUT2D eigenvalue weighted by Crippen LogP contribution is -2.25. The van der Waals surface area contributed by atoms with Crippen LogP contribution in [0.3, 0.4) is 0 Å². The normalized spacial score (nSPS) is 11.0. The van der Waals surface area contributed by atoms with Gasteiger partial charge in [0.25, 0.3) is 17.1 Å². The molecule has 0 radical (unpaired) electrons.